The Labute approximate surface area is 179 Å². The lowest BCUT2D eigenvalue weighted by Gasteiger charge is -2.28. The van der Waals surface area contributed by atoms with E-state index in [1.54, 1.807) is 0 Å². The van der Waals surface area contributed by atoms with Crippen LogP contribution in [0.5, 0.6) is 0 Å². The molecule has 7 nitrogen and oxygen atoms in total. The van der Waals surface area contributed by atoms with Crippen LogP contribution in [0.25, 0.3) is 0 Å². The fraction of sp³-hybridized carbons (Fsp3) is 0.455. The van der Waals surface area contributed by atoms with Crippen molar-refractivity contribution in [2.75, 3.05) is 13.1 Å². The molecule has 2 aromatic carbocycles. The normalized spacial score (nSPS) is 13.7. The number of nitro benzene ring substituents is 1. The summed E-state index contributed by atoms with van der Waals surface area (Å²) in [7, 11) is -3.89. The average Bonchev–Trinajstić information content (AvgIpc) is 2.67. The van der Waals surface area contributed by atoms with Crippen LogP contribution in [0.2, 0.25) is 0 Å². The summed E-state index contributed by atoms with van der Waals surface area (Å²) in [6.07, 6.45) is -0.212. The van der Waals surface area contributed by atoms with E-state index in [0.29, 0.717) is 6.42 Å². The van der Waals surface area contributed by atoms with Crippen LogP contribution in [0, 0.1) is 22.0 Å². The lowest BCUT2D eigenvalue weighted by atomic mass is 9.96. The van der Waals surface area contributed by atoms with E-state index in [-0.39, 0.29) is 42.9 Å². The molecular formula is C22H32N2O5S. The van der Waals surface area contributed by atoms with E-state index in [0.717, 1.165) is 5.56 Å². The molecule has 0 aliphatic heterocycles. The lowest BCUT2D eigenvalue weighted by molar-refractivity contribution is -0.384. The largest absolute Gasteiger partial charge is 0.391 e. The maximum Gasteiger partial charge on any atom is 0.269 e. The minimum atomic E-state index is -3.89. The highest BCUT2D eigenvalue weighted by Gasteiger charge is 2.29. The Morgan fingerprint density at radius 3 is 2.07 bits per heavy atom. The zero-order valence-corrected chi connectivity index (χ0v) is 17.7. The minimum absolute atomic E-state index is 0. The molecule has 0 heterocycles. The summed E-state index contributed by atoms with van der Waals surface area (Å²) in [6, 6.07) is 14.6. The third kappa shape index (κ3) is 6.90. The Balaban J connectivity index is 0.00000450. The number of nitro groups is 1. The number of non-ortho nitro benzene ring substituents is 1. The van der Waals surface area contributed by atoms with Crippen LogP contribution in [0.15, 0.2) is 59.5 Å². The first-order valence-corrected chi connectivity index (χ1v) is 11.0. The quantitative estimate of drug-likeness (QED) is 0.446. The highest BCUT2D eigenvalue weighted by Crippen LogP contribution is 2.22. The second-order valence-corrected chi connectivity index (χ2v) is 9.64. The summed E-state index contributed by atoms with van der Waals surface area (Å²) in [5, 5.41) is 21.5. The van der Waals surface area contributed by atoms with Crippen molar-refractivity contribution in [1.29, 1.82) is 0 Å². The topological polar surface area (TPSA) is 101 Å². The van der Waals surface area contributed by atoms with Crippen LogP contribution in [0.1, 0.15) is 33.8 Å². The van der Waals surface area contributed by atoms with Gasteiger partial charge in [-0.25, -0.2) is 8.42 Å². The van der Waals surface area contributed by atoms with Gasteiger partial charge < -0.3 is 5.11 Å². The Bertz CT molecular complexity index is 899. The molecule has 0 saturated carbocycles. The van der Waals surface area contributed by atoms with Crippen molar-refractivity contribution in [1.82, 2.24) is 4.31 Å². The fourth-order valence-corrected chi connectivity index (χ4v) is 4.70. The van der Waals surface area contributed by atoms with Crippen molar-refractivity contribution in [2.45, 2.75) is 45.6 Å². The second kappa shape index (κ2) is 11.2. The molecule has 0 spiro atoms. The summed E-state index contributed by atoms with van der Waals surface area (Å²) in [4.78, 5) is 10.2. The summed E-state index contributed by atoms with van der Waals surface area (Å²) < 4.78 is 27.5. The number of benzene rings is 2. The van der Waals surface area contributed by atoms with Crippen LogP contribution in [0.4, 0.5) is 5.69 Å². The molecule has 0 aromatic heterocycles. The molecule has 166 valence electrons. The van der Waals surface area contributed by atoms with E-state index in [1.807, 2.05) is 51.1 Å². The molecule has 8 heteroatoms. The molecule has 2 aromatic rings. The predicted molar refractivity (Wildman–Crippen MR) is 119 cm³/mol. The van der Waals surface area contributed by atoms with E-state index >= 15 is 0 Å². The second-order valence-electron chi connectivity index (χ2n) is 7.70. The highest BCUT2D eigenvalue weighted by molar-refractivity contribution is 7.89. The molecule has 30 heavy (non-hydrogen) atoms. The molecule has 0 radical (unpaired) electrons. The van der Waals surface area contributed by atoms with Crippen LogP contribution < -0.4 is 0 Å². The molecule has 2 atom stereocenters. The van der Waals surface area contributed by atoms with Crippen molar-refractivity contribution in [3.63, 3.8) is 0 Å². The van der Waals surface area contributed by atoms with E-state index in [1.165, 1.54) is 28.6 Å². The number of hydrogen-bond acceptors (Lipinski definition) is 5. The van der Waals surface area contributed by atoms with Gasteiger partial charge in [-0.3, -0.25) is 10.1 Å². The first kappa shape index (κ1) is 25.7. The molecule has 0 bridgehead atoms. The minimum Gasteiger partial charge on any atom is -0.391 e. The summed E-state index contributed by atoms with van der Waals surface area (Å²) >= 11 is 0. The van der Waals surface area contributed by atoms with E-state index < -0.39 is 21.1 Å². The molecule has 0 fully saturated rings. The van der Waals surface area contributed by atoms with Gasteiger partial charge in [-0.15, -0.1) is 0 Å². The Kier molecular flexibility index (Phi) is 9.61. The van der Waals surface area contributed by atoms with Crippen molar-refractivity contribution in [3.05, 3.63) is 70.3 Å². The molecule has 0 aliphatic carbocycles. The smallest absolute Gasteiger partial charge is 0.269 e. The zero-order chi connectivity index (χ0) is 21.6. The third-order valence-corrected chi connectivity index (χ3v) is 6.55. The Hall–Kier alpha value is -2.29. The molecule has 2 rings (SSSR count). The first-order chi connectivity index (χ1) is 13.6. The first-order valence-electron chi connectivity index (χ1n) is 9.58. The van der Waals surface area contributed by atoms with Gasteiger partial charge in [-0.05, 0) is 36.0 Å². The fourth-order valence-electron chi connectivity index (χ4n) is 3.08. The Morgan fingerprint density at radius 2 is 1.57 bits per heavy atom. The molecule has 1 N–H and O–H groups in total. The number of nitrogens with zero attached hydrogens (tertiary/aromatic N) is 2. The highest BCUT2D eigenvalue weighted by atomic mass is 32.2. The number of sulfonamides is 1. The maximum absolute atomic E-state index is 13.1. The van der Waals surface area contributed by atoms with Crippen LogP contribution >= 0.6 is 0 Å². The van der Waals surface area contributed by atoms with Gasteiger partial charge >= 0.3 is 0 Å². The number of aliphatic hydroxyl groups excluding tert-OH is 1. The van der Waals surface area contributed by atoms with Crippen molar-refractivity contribution < 1.29 is 18.4 Å². The summed E-state index contributed by atoms with van der Waals surface area (Å²) in [5.74, 6) is -0.0847. The summed E-state index contributed by atoms with van der Waals surface area (Å²) in [6.45, 7) is 5.90. The zero-order valence-electron chi connectivity index (χ0n) is 16.9. The van der Waals surface area contributed by atoms with Gasteiger partial charge in [0.2, 0.25) is 10.0 Å². The lowest BCUT2D eigenvalue weighted by Crippen LogP contribution is -2.42. The predicted octanol–water partition coefficient (Wildman–Crippen LogP) is 4.12. The SMILES string of the molecule is C.CC(C)CN(C[C@@H](O)[C@@H](C)Cc1ccccc1)S(=O)(=O)c1ccc([N+](=O)[O-])cc1. The molecular weight excluding hydrogens is 404 g/mol. The third-order valence-electron chi connectivity index (χ3n) is 4.70. The van der Waals surface area contributed by atoms with Crippen molar-refractivity contribution in [2.24, 2.45) is 11.8 Å². The van der Waals surface area contributed by atoms with Crippen LogP contribution in [-0.2, 0) is 16.4 Å². The Morgan fingerprint density at radius 1 is 1.00 bits per heavy atom. The summed E-state index contributed by atoms with van der Waals surface area (Å²) in [5.41, 5.74) is 0.906. The molecule has 0 saturated heterocycles. The van der Waals surface area contributed by atoms with Gasteiger partial charge in [0.05, 0.1) is 15.9 Å². The number of hydrogen-bond donors (Lipinski definition) is 1. The average molecular weight is 437 g/mol. The van der Waals surface area contributed by atoms with Gasteiger partial charge in [0, 0.05) is 25.2 Å². The number of aliphatic hydroxyl groups is 1. The molecule has 0 amide bonds. The van der Waals surface area contributed by atoms with E-state index in [9.17, 15) is 23.6 Å². The van der Waals surface area contributed by atoms with Gasteiger partial charge in [0.25, 0.3) is 5.69 Å². The van der Waals surface area contributed by atoms with Crippen LogP contribution in [-0.4, -0.2) is 41.9 Å². The van der Waals surface area contributed by atoms with Crippen LogP contribution in [0.3, 0.4) is 0 Å². The molecule has 0 aliphatic rings. The monoisotopic (exact) mass is 436 g/mol. The standard InChI is InChI=1S/C21H28N2O5S.CH4/c1-16(2)14-22(15-21(24)17(3)13-18-7-5-4-6-8-18)29(27,28)20-11-9-19(10-12-20)23(25)26;/h4-12,16-17,21,24H,13-15H2,1-3H3;1H4/t17-,21+;/m0./s1. The van der Waals surface area contributed by atoms with Crippen molar-refractivity contribution >= 4 is 15.7 Å². The van der Waals surface area contributed by atoms with Gasteiger partial charge in [-0.1, -0.05) is 58.5 Å². The van der Waals surface area contributed by atoms with E-state index in [4.69, 9.17) is 0 Å². The van der Waals surface area contributed by atoms with Gasteiger partial charge in [0.1, 0.15) is 0 Å². The van der Waals surface area contributed by atoms with Gasteiger partial charge in [-0.2, -0.15) is 4.31 Å². The van der Waals surface area contributed by atoms with Crippen molar-refractivity contribution in [3.8, 4) is 0 Å². The molecule has 0 unspecified atom stereocenters. The number of rotatable bonds is 10. The van der Waals surface area contributed by atoms with Gasteiger partial charge in [0.15, 0.2) is 0 Å². The van der Waals surface area contributed by atoms with E-state index in [2.05, 4.69) is 0 Å². The maximum atomic E-state index is 13.1.